The smallest absolute Gasteiger partial charge is 0.383 e. The van der Waals surface area contributed by atoms with Gasteiger partial charge in [-0.2, -0.15) is 13.2 Å². The Hall–Kier alpha value is -2.15. The van der Waals surface area contributed by atoms with Crippen molar-refractivity contribution in [2.45, 2.75) is 29.9 Å². The molecule has 0 aliphatic heterocycles. The van der Waals surface area contributed by atoms with Crippen LogP contribution in [0.25, 0.3) is 0 Å². The zero-order valence-corrected chi connectivity index (χ0v) is 13.7. The highest BCUT2D eigenvalue weighted by atomic mass is 32.2. The molecule has 0 bridgehead atoms. The lowest BCUT2D eigenvalue weighted by Gasteiger charge is -2.12. The summed E-state index contributed by atoms with van der Waals surface area (Å²) in [6.07, 6.45) is -4.29. The summed E-state index contributed by atoms with van der Waals surface area (Å²) in [5, 5.41) is 6.54. The number of nitrogen functional groups attached to an aromatic ring is 1. The fraction of sp³-hybridized carbons (Fsp3) is 0.364. The van der Waals surface area contributed by atoms with E-state index in [4.69, 9.17) is 5.73 Å². The van der Waals surface area contributed by atoms with Crippen LogP contribution in [0.1, 0.15) is 18.4 Å². The second-order valence-electron chi connectivity index (χ2n) is 4.39. The van der Waals surface area contributed by atoms with Crippen molar-refractivity contribution < 1.29 is 18.0 Å². The molecule has 130 valence electrons. The van der Waals surface area contributed by atoms with Crippen molar-refractivity contribution in [1.82, 2.24) is 20.2 Å². The van der Waals surface area contributed by atoms with Crippen LogP contribution in [0.4, 0.5) is 24.1 Å². The normalized spacial score (nSPS) is 12.8. The molecule has 0 aliphatic carbocycles. The molecule has 1 atom stereocenters. The van der Waals surface area contributed by atoms with Crippen molar-refractivity contribution in [3.05, 3.63) is 21.4 Å². The molecule has 0 saturated carbocycles. The van der Waals surface area contributed by atoms with Gasteiger partial charge in [-0.15, -0.1) is 10.2 Å². The first-order valence-electron chi connectivity index (χ1n) is 6.44. The summed E-state index contributed by atoms with van der Waals surface area (Å²) in [5.74, 6) is -0.590. The number of carbonyl (C=O) groups is 1. The van der Waals surface area contributed by atoms with Crippen LogP contribution in [0.15, 0.2) is 16.0 Å². The molecular formula is C11H11F3N6O2S2. The van der Waals surface area contributed by atoms with Crippen molar-refractivity contribution in [2.75, 3.05) is 11.1 Å². The number of halogens is 3. The van der Waals surface area contributed by atoms with E-state index >= 15 is 0 Å². The van der Waals surface area contributed by atoms with E-state index in [2.05, 4.69) is 25.5 Å². The number of anilines is 2. The number of aromatic amines is 1. The quantitative estimate of drug-likeness (QED) is 0.532. The summed E-state index contributed by atoms with van der Waals surface area (Å²) >= 11 is 1.16. The number of nitrogens with zero attached hydrogens (tertiary/aromatic N) is 3. The van der Waals surface area contributed by atoms with Crippen LogP contribution in [0, 0.1) is 0 Å². The molecule has 1 amide bonds. The third-order valence-electron chi connectivity index (χ3n) is 2.55. The van der Waals surface area contributed by atoms with Crippen molar-refractivity contribution in [1.29, 1.82) is 0 Å². The number of amides is 1. The number of rotatable bonds is 5. The van der Waals surface area contributed by atoms with Crippen LogP contribution < -0.4 is 16.6 Å². The van der Waals surface area contributed by atoms with E-state index in [0.29, 0.717) is 6.42 Å². The molecule has 0 fully saturated rings. The van der Waals surface area contributed by atoms with E-state index in [0.717, 1.165) is 17.8 Å². The minimum Gasteiger partial charge on any atom is -0.383 e. The first-order chi connectivity index (χ1) is 11.2. The van der Waals surface area contributed by atoms with Gasteiger partial charge < -0.3 is 10.7 Å². The number of nitrogens with one attached hydrogen (secondary N) is 2. The Labute approximate surface area is 141 Å². The van der Waals surface area contributed by atoms with Gasteiger partial charge in [0.15, 0.2) is 5.16 Å². The first-order valence-corrected chi connectivity index (χ1v) is 8.13. The topological polar surface area (TPSA) is 127 Å². The number of nitrogens with two attached hydrogens (primary N) is 1. The molecule has 2 rings (SSSR count). The molecule has 0 spiro atoms. The average Bonchev–Trinajstić information content (AvgIpc) is 2.92. The van der Waals surface area contributed by atoms with Crippen LogP contribution in [0.3, 0.4) is 0 Å². The Morgan fingerprint density at radius 3 is 2.75 bits per heavy atom. The summed E-state index contributed by atoms with van der Waals surface area (Å²) in [5.41, 5.74) is 4.98. The van der Waals surface area contributed by atoms with Crippen LogP contribution in [0.2, 0.25) is 0 Å². The van der Waals surface area contributed by atoms with Crippen molar-refractivity contribution in [2.24, 2.45) is 0 Å². The summed E-state index contributed by atoms with van der Waals surface area (Å²) in [4.78, 5) is 29.8. The average molecular weight is 380 g/mol. The van der Waals surface area contributed by atoms with E-state index in [1.807, 2.05) is 0 Å². The Balaban J connectivity index is 2.08. The molecule has 0 unspecified atom stereocenters. The maximum atomic E-state index is 12.5. The third kappa shape index (κ3) is 4.67. The van der Waals surface area contributed by atoms with Crippen LogP contribution in [0.5, 0.6) is 0 Å². The van der Waals surface area contributed by atoms with Crippen LogP contribution in [-0.4, -0.2) is 31.3 Å². The number of alkyl halides is 3. The molecule has 0 aromatic carbocycles. The second-order valence-corrected chi connectivity index (χ2v) is 6.56. The third-order valence-corrected chi connectivity index (χ3v) is 4.69. The van der Waals surface area contributed by atoms with Gasteiger partial charge in [-0.1, -0.05) is 30.0 Å². The Morgan fingerprint density at radius 2 is 2.21 bits per heavy atom. The fourth-order valence-electron chi connectivity index (χ4n) is 1.54. The van der Waals surface area contributed by atoms with Gasteiger partial charge in [0.2, 0.25) is 16.0 Å². The molecule has 0 aliphatic rings. The lowest BCUT2D eigenvalue weighted by Crippen LogP contribution is -2.25. The minimum atomic E-state index is -4.62. The number of hydrogen-bond acceptors (Lipinski definition) is 8. The molecular weight excluding hydrogens is 369 g/mol. The van der Waals surface area contributed by atoms with Crippen molar-refractivity contribution >= 4 is 40.0 Å². The molecule has 0 radical (unpaired) electrons. The number of hydrogen-bond donors (Lipinski definition) is 3. The zero-order chi connectivity index (χ0) is 17.9. The molecule has 4 N–H and O–H groups in total. The largest absolute Gasteiger partial charge is 0.445 e. The number of aromatic nitrogens is 4. The summed E-state index contributed by atoms with van der Waals surface area (Å²) in [6, 6.07) is 1.09. The molecule has 2 heterocycles. The van der Waals surface area contributed by atoms with Crippen LogP contribution in [-0.2, 0) is 11.0 Å². The highest BCUT2D eigenvalue weighted by molar-refractivity contribution is 8.00. The lowest BCUT2D eigenvalue weighted by molar-refractivity contribution is -0.138. The Kier molecular flexibility index (Phi) is 5.43. The predicted molar refractivity (Wildman–Crippen MR) is 82.7 cm³/mol. The van der Waals surface area contributed by atoms with Gasteiger partial charge >= 0.3 is 6.18 Å². The SMILES string of the molecule is CC[C@@H](Sc1nc(N)cc(=O)[nH]1)C(=O)Nc1nnc(C(F)(F)F)s1. The zero-order valence-electron chi connectivity index (χ0n) is 12.0. The highest BCUT2D eigenvalue weighted by Crippen LogP contribution is 2.33. The summed E-state index contributed by atoms with van der Waals surface area (Å²) < 4.78 is 37.4. The van der Waals surface area contributed by atoms with Crippen molar-refractivity contribution in [3.63, 3.8) is 0 Å². The maximum absolute atomic E-state index is 12.5. The minimum absolute atomic E-state index is 0.00421. The first kappa shape index (κ1) is 18.2. The molecule has 13 heteroatoms. The van der Waals surface area contributed by atoms with Gasteiger partial charge in [-0.25, -0.2) is 4.98 Å². The second kappa shape index (κ2) is 7.17. The molecule has 0 saturated heterocycles. The highest BCUT2D eigenvalue weighted by Gasteiger charge is 2.36. The van der Waals surface area contributed by atoms with Crippen molar-refractivity contribution in [3.8, 4) is 0 Å². The monoisotopic (exact) mass is 380 g/mol. The maximum Gasteiger partial charge on any atom is 0.445 e. The van der Waals surface area contributed by atoms with E-state index in [1.165, 1.54) is 0 Å². The van der Waals surface area contributed by atoms with E-state index in [-0.39, 0.29) is 27.4 Å². The van der Waals surface area contributed by atoms with Gasteiger partial charge in [-0.05, 0) is 6.42 Å². The van der Waals surface area contributed by atoms with Gasteiger partial charge in [0, 0.05) is 6.07 Å². The fourth-order valence-corrected chi connectivity index (χ4v) is 3.07. The lowest BCUT2D eigenvalue weighted by atomic mass is 10.3. The summed E-state index contributed by atoms with van der Waals surface area (Å²) in [7, 11) is 0. The molecule has 2 aromatic rings. The van der Waals surface area contributed by atoms with Gasteiger partial charge in [0.05, 0.1) is 5.25 Å². The van der Waals surface area contributed by atoms with E-state index < -0.39 is 27.9 Å². The van der Waals surface area contributed by atoms with Gasteiger partial charge in [0.1, 0.15) is 5.82 Å². The molecule has 8 nitrogen and oxygen atoms in total. The molecule has 24 heavy (non-hydrogen) atoms. The van der Waals surface area contributed by atoms with Gasteiger partial charge in [0.25, 0.3) is 5.56 Å². The van der Waals surface area contributed by atoms with E-state index in [1.54, 1.807) is 6.92 Å². The Bertz CT molecular complexity index is 791. The number of thioether (sulfide) groups is 1. The number of H-pyrrole nitrogens is 1. The van der Waals surface area contributed by atoms with Crippen LogP contribution >= 0.6 is 23.1 Å². The standard InChI is InChI=1S/C11H11F3N6O2S2/c1-2-4(23-9-16-5(15)3-6(21)17-9)7(22)18-10-20-19-8(24-10)11(12,13)14/h3-4H,2H2,1H3,(H,18,20,22)(H3,15,16,17,21)/t4-/m1/s1. The summed E-state index contributed by atoms with van der Waals surface area (Å²) in [6.45, 7) is 1.70. The predicted octanol–water partition coefficient (Wildman–Crippen LogP) is 1.73. The molecule has 2 aromatic heterocycles. The van der Waals surface area contributed by atoms with E-state index in [9.17, 15) is 22.8 Å². The Morgan fingerprint density at radius 1 is 1.50 bits per heavy atom. The van der Waals surface area contributed by atoms with Gasteiger partial charge in [-0.3, -0.25) is 14.9 Å². The number of carbonyl (C=O) groups excluding carboxylic acids is 1.